The first kappa shape index (κ1) is 27.1. The molecule has 0 aromatic heterocycles. The zero-order chi connectivity index (χ0) is 20.7. The molecular formula is C22H39IN4O3. The van der Waals surface area contributed by atoms with E-state index in [0.29, 0.717) is 12.7 Å². The monoisotopic (exact) mass is 534 g/mol. The summed E-state index contributed by atoms with van der Waals surface area (Å²) < 4.78 is 16.5. The van der Waals surface area contributed by atoms with Crippen molar-refractivity contribution < 1.29 is 14.2 Å². The minimum absolute atomic E-state index is 0. The molecule has 0 saturated carbocycles. The van der Waals surface area contributed by atoms with Gasteiger partial charge in [0.05, 0.1) is 12.7 Å². The van der Waals surface area contributed by atoms with Gasteiger partial charge in [-0.25, -0.2) is 0 Å². The summed E-state index contributed by atoms with van der Waals surface area (Å²) in [6.07, 6.45) is 3.35. The van der Waals surface area contributed by atoms with Crippen molar-refractivity contribution in [2.45, 2.75) is 38.5 Å². The first-order valence-corrected chi connectivity index (χ1v) is 10.6. The second-order valence-electron chi connectivity index (χ2n) is 7.44. The SMILES string of the molecule is CN=C(NCCN(C)CCCOC)NCc1cccc(COC2CCOCC2)c1.I. The van der Waals surface area contributed by atoms with Crippen LogP contribution in [-0.2, 0) is 27.4 Å². The van der Waals surface area contributed by atoms with Gasteiger partial charge >= 0.3 is 0 Å². The van der Waals surface area contributed by atoms with Gasteiger partial charge in [-0.2, -0.15) is 0 Å². The number of halogens is 1. The molecule has 1 aromatic rings. The Hall–Kier alpha value is -0.940. The quantitative estimate of drug-likeness (QED) is 0.186. The second kappa shape index (κ2) is 16.7. The van der Waals surface area contributed by atoms with Crippen molar-refractivity contribution in [3.63, 3.8) is 0 Å². The predicted molar refractivity (Wildman–Crippen MR) is 133 cm³/mol. The highest BCUT2D eigenvalue weighted by Gasteiger charge is 2.14. The average molecular weight is 534 g/mol. The van der Waals surface area contributed by atoms with Crippen LogP contribution in [0.15, 0.2) is 29.3 Å². The number of nitrogens with zero attached hydrogens (tertiary/aromatic N) is 2. The molecule has 0 bridgehead atoms. The van der Waals surface area contributed by atoms with Crippen molar-refractivity contribution in [1.82, 2.24) is 15.5 Å². The van der Waals surface area contributed by atoms with Gasteiger partial charge < -0.3 is 29.7 Å². The molecule has 1 aliphatic rings. The molecule has 0 atom stereocenters. The minimum atomic E-state index is 0. The van der Waals surface area contributed by atoms with Gasteiger partial charge in [0.2, 0.25) is 0 Å². The van der Waals surface area contributed by atoms with Crippen LogP contribution in [0.3, 0.4) is 0 Å². The van der Waals surface area contributed by atoms with E-state index in [1.54, 1.807) is 14.2 Å². The molecule has 1 saturated heterocycles. The molecule has 1 fully saturated rings. The van der Waals surface area contributed by atoms with Gasteiger partial charge in [-0.15, -0.1) is 24.0 Å². The van der Waals surface area contributed by atoms with Gasteiger partial charge in [0.15, 0.2) is 5.96 Å². The van der Waals surface area contributed by atoms with Crippen molar-refractivity contribution in [2.24, 2.45) is 4.99 Å². The Morgan fingerprint density at radius 2 is 1.97 bits per heavy atom. The molecule has 0 spiro atoms. The Bertz CT molecular complexity index is 598. The highest BCUT2D eigenvalue weighted by molar-refractivity contribution is 14.0. The summed E-state index contributed by atoms with van der Waals surface area (Å²) in [5.74, 6) is 0.819. The molecule has 0 amide bonds. The lowest BCUT2D eigenvalue weighted by Crippen LogP contribution is -2.40. The summed E-state index contributed by atoms with van der Waals surface area (Å²) in [6, 6.07) is 8.53. The Labute approximate surface area is 199 Å². The number of hydrogen-bond donors (Lipinski definition) is 2. The molecule has 8 heteroatoms. The number of rotatable bonds is 12. The highest BCUT2D eigenvalue weighted by Crippen LogP contribution is 2.14. The molecule has 172 valence electrons. The summed E-state index contributed by atoms with van der Waals surface area (Å²) in [4.78, 5) is 6.61. The van der Waals surface area contributed by atoms with Crippen LogP contribution >= 0.6 is 24.0 Å². The molecule has 0 radical (unpaired) electrons. The first-order valence-electron chi connectivity index (χ1n) is 10.6. The summed E-state index contributed by atoms with van der Waals surface area (Å²) >= 11 is 0. The van der Waals surface area contributed by atoms with E-state index < -0.39 is 0 Å². The van der Waals surface area contributed by atoms with E-state index >= 15 is 0 Å². The lowest BCUT2D eigenvalue weighted by molar-refractivity contribution is -0.0390. The lowest BCUT2D eigenvalue weighted by Gasteiger charge is -2.22. The molecule has 2 rings (SSSR count). The maximum Gasteiger partial charge on any atom is 0.191 e. The molecule has 2 N–H and O–H groups in total. The van der Waals surface area contributed by atoms with Crippen molar-refractivity contribution in [3.05, 3.63) is 35.4 Å². The van der Waals surface area contributed by atoms with Crippen LogP contribution in [0.25, 0.3) is 0 Å². The molecule has 7 nitrogen and oxygen atoms in total. The number of aliphatic imine (C=N–C) groups is 1. The number of ether oxygens (including phenoxy) is 3. The van der Waals surface area contributed by atoms with E-state index in [0.717, 1.165) is 71.2 Å². The normalized spacial score (nSPS) is 15.1. The first-order chi connectivity index (χ1) is 14.2. The van der Waals surface area contributed by atoms with E-state index in [9.17, 15) is 0 Å². The highest BCUT2D eigenvalue weighted by atomic mass is 127. The molecular weight excluding hydrogens is 495 g/mol. The molecule has 0 unspecified atom stereocenters. The van der Waals surface area contributed by atoms with Gasteiger partial charge in [-0.3, -0.25) is 4.99 Å². The summed E-state index contributed by atoms with van der Waals surface area (Å²) in [5, 5.41) is 6.76. The molecule has 1 aromatic carbocycles. The van der Waals surface area contributed by atoms with Gasteiger partial charge in [-0.1, -0.05) is 24.3 Å². The molecule has 1 heterocycles. The second-order valence-corrected chi connectivity index (χ2v) is 7.44. The van der Waals surface area contributed by atoms with Crippen LogP contribution in [0, 0.1) is 0 Å². The minimum Gasteiger partial charge on any atom is -0.385 e. The number of likely N-dealkylation sites (N-methyl/N-ethyl adjacent to an activating group) is 1. The van der Waals surface area contributed by atoms with Gasteiger partial charge in [0.25, 0.3) is 0 Å². The molecule has 0 aliphatic carbocycles. The number of methoxy groups -OCH3 is 1. The Balaban J connectivity index is 0.00000450. The Morgan fingerprint density at radius 1 is 1.20 bits per heavy atom. The van der Waals surface area contributed by atoms with Gasteiger partial charge in [0.1, 0.15) is 0 Å². The van der Waals surface area contributed by atoms with E-state index in [-0.39, 0.29) is 24.0 Å². The summed E-state index contributed by atoms with van der Waals surface area (Å²) in [5.41, 5.74) is 2.43. The number of hydrogen-bond acceptors (Lipinski definition) is 5. The number of guanidine groups is 1. The number of benzene rings is 1. The lowest BCUT2D eigenvalue weighted by atomic mass is 10.1. The molecule has 1 aliphatic heterocycles. The maximum absolute atomic E-state index is 6.03. The Kier molecular flexibility index (Phi) is 15.1. The number of nitrogens with one attached hydrogen (secondary N) is 2. The van der Waals surface area contributed by atoms with E-state index in [4.69, 9.17) is 14.2 Å². The third-order valence-electron chi connectivity index (χ3n) is 5.00. The third-order valence-corrected chi connectivity index (χ3v) is 5.00. The standard InChI is InChI=1S/C22H38N4O3.HI/c1-23-22(24-10-12-26(2)11-5-13-27-3)25-17-19-6-4-7-20(16-19)18-29-21-8-14-28-15-9-21;/h4,6-7,16,21H,5,8-15,17-18H2,1-3H3,(H2,23,24,25);1H. The fourth-order valence-corrected chi connectivity index (χ4v) is 3.25. The van der Waals surface area contributed by atoms with Crippen molar-refractivity contribution in [3.8, 4) is 0 Å². The molecule has 30 heavy (non-hydrogen) atoms. The van der Waals surface area contributed by atoms with Crippen LogP contribution in [0.4, 0.5) is 0 Å². The van der Waals surface area contributed by atoms with Crippen LogP contribution in [0.1, 0.15) is 30.4 Å². The Morgan fingerprint density at radius 3 is 2.70 bits per heavy atom. The maximum atomic E-state index is 6.03. The van der Waals surface area contributed by atoms with Crippen LogP contribution in [0.2, 0.25) is 0 Å². The smallest absolute Gasteiger partial charge is 0.191 e. The van der Waals surface area contributed by atoms with Crippen molar-refractivity contribution >= 4 is 29.9 Å². The van der Waals surface area contributed by atoms with E-state index in [1.807, 2.05) is 0 Å². The topological polar surface area (TPSA) is 67.4 Å². The summed E-state index contributed by atoms with van der Waals surface area (Å²) in [7, 11) is 5.67. The van der Waals surface area contributed by atoms with Crippen LogP contribution < -0.4 is 10.6 Å². The van der Waals surface area contributed by atoms with Crippen LogP contribution in [-0.4, -0.2) is 77.6 Å². The third kappa shape index (κ3) is 11.5. The zero-order valence-corrected chi connectivity index (χ0v) is 21.0. The van der Waals surface area contributed by atoms with Gasteiger partial charge in [-0.05, 0) is 37.4 Å². The predicted octanol–water partition coefficient (Wildman–Crippen LogP) is 2.63. The van der Waals surface area contributed by atoms with Crippen molar-refractivity contribution in [1.29, 1.82) is 0 Å². The summed E-state index contributed by atoms with van der Waals surface area (Å²) in [6.45, 7) is 6.65. The fraction of sp³-hybridized carbons (Fsp3) is 0.682. The van der Waals surface area contributed by atoms with Crippen molar-refractivity contribution in [2.75, 3.05) is 60.7 Å². The zero-order valence-electron chi connectivity index (χ0n) is 18.7. The van der Waals surface area contributed by atoms with Crippen LogP contribution in [0.5, 0.6) is 0 Å². The largest absolute Gasteiger partial charge is 0.385 e. The fourth-order valence-electron chi connectivity index (χ4n) is 3.25. The van der Waals surface area contributed by atoms with Gasteiger partial charge in [0, 0.05) is 60.2 Å². The average Bonchev–Trinajstić information content (AvgIpc) is 2.76. The van der Waals surface area contributed by atoms with E-state index in [1.165, 1.54) is 11.1 Å². The van der Waals surface area contributed by atoms with E-state index in [2.05, 4.69) is 51.8 Å².